The Morgan fingerprint density at radius 2 is 2.25 bits per heavy atom. The van der Waals surface area contributed by atoms with Gasteiger partial charge in [0.1, 0.15) is 5.60 Å². The van der Waals surface area contributed by atoms with E-state index in [-0.39, 0.29) is 12.2 Å². The number of amides is 1. The first-order valence-corrected chi connectivity index (χ1v) is 6.10. The van der Waals surface area contributed by atoms with E-state index in [0.29, 0.717) is 19.5 Å². The molecule has 1 aliphatic heterocycles. The summed E-state index contributed by atoms with van der Waals surface area (Å²) in [4.78, 5) is 13.3. The van der Waals surface area contributed by atoms with Crippen LogP contribution in [0.2, 0.25) is 0 Å². The first-order chi connectivity index (χ1) is 7.44. The fourth-order valence-electron chi connectivity index (χ4n) is 1.86. The van der Waals surface area contributed by atoms with Crippen LogP contribution in [0.15, 0.2) is 0 Å². The van der Waals surface area contributed by atoms with Crippen molar-refractivity contribution < 1.29 is 14.6 Å². The van der Waals surface area contributed by atoms with Crippen molar-refractivity contribution in [3.05, 3.63) is 0 Å². The van der Waals surface area contributed by atoms with Gasteiger partial charge in [-0.1, -0.05) is 13.3 Å². The Kier molecular flexibility index (Phi) is 4.59. The number of rotatable bonds is 4. The third-order valence-corrected chi connectivity index (χ3v) is 2.92. The monoisotopic (exact) mass is 229 g/mol. The molecular formula is C12H23NO3. The van der Waals surface area contributed by atoms with Gasteiger partial charge in [-0.05, 0) is 33.1 Å². The van der Waals surface area contributed by atoms with Gasteiger partial charge in [0.25, 0.3) is 0 Å². The maximum Gasteiger partial charge on any atom is 0.410 e. The lowest BCUT2D eigenvalue weighted by Crippen LogP contribution is -2.37. The van der Waals surface area contributed by atoms with Crippen molar-refractivity contribution in [2.45, 2.75) is 58.2 Å². The van der Waals surface area contributed by atoms with Crippen LogP contribution in [0.25, 0.3) is 0 Å². The average molecular weight is 229 g/mol. The Balaban J connectivity index is 2.38. The minimum atomic E-state index is -0.402. The summed E-state index contributed by atoms with van der Waals surface area (Å²) in [6, 6.07) is 0. The summed E-state index contributed by atoms with van der Waals surface area (Å²) in [5, 5.41) is 9.34. The van der Waals surface area contributed by atoms with Crippen LogP contribution in [0.4, 0.5) is 4.79 Å². The number of unbranched alkanes of at least 4 members (excludes halogenated alkanes) is 1. The fourth-order valence-corrected chi connectivity index (χ4v) is 1.86. The number of aliphatic hydroxyl groups excluding tert-OH is 1. The summed E-state index contributed by atoms with van der Waals surface area (Å²) >= 11 is 0. The van der Waals surface area contributed by atoms with E-state index < -0.39 is 5.60 Å². The Labute approximate surface area is 97.6 Å². The minimum absolute atomic E-state index is 0.294. The predicted molar refractivity (Wildman–Crippen MR) is 62.3 cm³/mol. The molecule has 1 atom stereocenters. The lowest BCUT2D eigenvalue weighted by atomic mass is 10.0. The summed E-state index contributed by atoms with van der Waals surface area (Å²) in [6.07, 6.45) is 3.02. The van der Waals surface area contributed by atoms with Crippen LogP contribution in [0, 0.1) is 0 Å². The van der Waals surface area contributed by atoms with Crippen LogP contribution >= 0.6 is 0 Å². The molecule has 0 spiro atoms. The molecule has 0 unspecified atom stereocenters. The molecule has 16 heavy (non-hydrogen) atoms. The molecule has 1 saturated heterocycles. The van der Waals surface area contributed by atoms with Gasteiger partial charge >= 0.3 is 6.09 Å². The van der Waals surface area contributed by atoms with Gasteiger partial charge in [-0.25, -0.2) is 4.79 Å². The van der Waals surface area contributed by atoms with Crippen molar-refractivity contribution >= 4 is 6.09 Å². The number of likely N-dealkylation sites (tertiary alicyclic amines) is 1. The van der Waals surface area contributed by atoms with Gasteiger partial charge in [0, 0.05) is 13.1 Å². The molecule has 0 aromatic heterocycles. The van der Waals surface area contributed by atoms with E-state index in [9.17, 15) is 9.90 Å². The fraction of sp³-hybridized carbons (Fsp3) is 0.917. The van der Waals surface area contributed by atoms with E-state index in [4.69, 9.17) is 4.74 Å². The van der Waals surface area contributed by atoms with Crippen molar-refractivity contribution in [3.8, 4) is 0 Å². The lowest BCUT2D eigenvalue weighted by Gasteiger charge is -2.27. The van der Waals surface area contributed by atoms with Crippen molar-refractivity contribution in [1.82, 2.24) is 4.90 Å². The Morgan fingerprint density at radius 1 is 1.56 bits per heavy atom. The number of carbonyl (C=O) groups excluding carboxylic acids is 1. The molecule has 1 rings (SSSR count). The average Bonchev–Trinajstić information content (AvgIpc) is 2.61. The van der Waals surface area contributed by atoms with Crippen LogP contribution in [0.1, 0.15) is 46.5 Å². The standard InChI is InChI=1S/C12H23NO3/c1-4-5-7-12(2,3)16-11(15)13-8-6-10(14)9-13/h10,14H,4-9H2,1-3H3/t10-/m1/s1. The Hall–Kier alpha value is -0.770. The molecule has 0 aromatic carbocycles. The van der Waals surface area contributed by atoms with Crippen molar-refractivity contribution in [3.63, 3.8) is 0 Å². The maximum absolute atomic E-state index is 11.8. The quantitative estimate of drug-likeness (QED) is 0.803. The van der Waals surface area contributed by atoms with Crippen LogP contribution in [-0.4, -0.2) is 40.9 Å². The highest BCUT2D eigenvalue weighted by Gasteiger charge is 2.30. The van der Waals surface area contributed by atoms with E-state index in [1.807, 2.05) is 13.8 Å². The van der Waals surface area contributed by atoms with Crippen LogP contribution in [-0.2, 0) is 4.74 Å². The molecule has 1 N–H and O–H groups in total. The van der Waals surface area contributed by atoms with Gasteiger partial charge in [0.05, 0.1) is 6.10 Å². The van der Waals surface area contributed by atoms with Crippen LogP contribution < -0.4 is 0 Å². The number of carbonyl (C=O) groups is 1. The first kappa shape index (κ1) is 13.3. The van der Waals surface area contributed by atoms with E-state index in [2.05, 4.69) is 6.92 Å². The third kappa shape index (κ3) is 4.00. The molecule has 0 saturated carbocycles. The van der Waals surface area contributed by atoms with Crippen molar-refractivity contribution in [2.24, 2.45) is 0 Å². The third-order valence-electron chi connectivity index (χ3n) is 2.92. The first-order valence-electron chi connectivity index (χ1n) is 6.10. The van der Waals surface area contributed by atoms with E-state index in [1.54, 1.807) is 4.90 Å². The molecule has 4 heteroatoms. The zero-order valence-electron chi connectivity index (χ0n) is 10.5. The summed E-state index contributed by atoms with van der Waals surface area (Å²) in [5.74, 6) is 0. The SMILES string of the molecule is CCCCC(C)(C)OC(=O)N1CC[C@@H](O)C1. The second-order valence-corrected chi connectivity index (χ2v) is 5.12. The van der Waals surface area contributed by atoms with E-state index in [0.717, 1.165) is 19.3 Å². The molecule has 1 aliphatic rings. The van der Waals surface area contributed by atoms with Gasteiger partial charge in [-0.3, -0.25) is 0 Å². The number of ether oxygens (including phenoxy) is 1. The van der Waals surface area contributed by atoms with Gasteiger partial charge < -0.3 is 14.7 Å². The van der Waals surface area contributed by atoms with Gasteiger partial charge in [-0.15, -0.1) is 0 Å². The second kappa shape index (κ2) is 5.53. The Bertz CT molecular complexity index is 240. The number of aliphatic hydroxyl groups is 1. The van der Waals surface area contributed by atoms with Crippen molar-refractivity contribution in [1.29, 1.82) is 0 Å². The predicted octanol–water partition coefficient (Wildman–Crippen LogP) is 2.16. The summed E-state index contributed by atoms with van der Waals surface area (Å²) in [6.45, 7) is 7.00. The second-order valence-electron chi connectivity index (χ2n) is 5.12. The smallest absolute Gasteiger partial charge is 0.410 e. The summed E-state index contributed by atoms with van der Waals surface area (Å²) < 4.78 is 5.45. The maximum atomic E-state index is 11.8. The van der Waals surface area contributed by atoms with Gasteiger partial charge in [-0.2, -0.15) is 0 Å². The van der Waals surface area contributed by atoms with E-state index >= 15 is 0 Å². The highest BCUT2D eigenvalue weighted by atomic mass is 16.6. The van der Waals surface area contributed by atoms with Gasteiger partial charge in [0.15, 0.2) is 0 Å². The normalized spacial score (nSPS) is 21.2. The molecular weight excluding hydrogens is 206 g/mol. The summed E-state index contributed by atoms with van der Waals surface area (Å²) in [7, 11) is 0. The van der Waals surface area contributed by atoms with E-state index in [1.165, 1.54) is 0 Å². The molecule has 4 nitrogen and oxygen atoms in total. The zero-order valence-corrected chi connectivity index (χ0v) is 10.5. The molecule has 94 valence electrons. The molecule has 1 fully saturated rings. The molecule has 0 radical (unpaired) electrons. The number of β-amino-alcohol motifs (C(OH)–C–C–N with tert-alkyl or cyclic N) is 1. The number of hydrogen-bond donors (Lipinski definition) is 1. The van der Waals surface area contributed by atoms with Gasteiger partial charge in [0.2, 0.25) is 0 Å². The van der Waals surface area contributed by atoms with Crippen molar-refractivity contribution in [2.75, 3.05) is 13.1 Å². The molecule has 0 aromatic rings. The lowest BCUT2D eigenvalue weighted by molar-refractivity contribution is 0.00914. The molecule has 1 heterocycles. The molecule has 1 amide bonds. The minimum Gasteiger partial charge on any atom is -0.443 e. The van der Waals surface area contributed by atoms with Crippen LogP contribution in [0.3, 0.4) is 0 Å². The zero-order chi connectivity index (χ0) is 12.2. The number of nitrogens with zero attached hydrogens (tertiary/aromatic N) is 1. The molecule has 0 bridgehead atoms. The van der Waals surface area contributed by atoms with Crippen LogP contribution in [0.5, 0.6) is 0 Å². The Morgan fingerprint density at radius 3 is 2.75 bits per heavy atom. The number of hydrogen-bond acceptors (Lipinski definition) is 3. The highest BCUT2D eigenvalue weighted by Crippen LogP contribution is 2.20. The topological polar surface area (TPSA) is 49.8 Å². The molecule has 0 aliphatic carbocycles. The largest absolute Gasteiger partial charge is 0.443 e. The highest BCUT2D eigenvalue weighted by molar-refractivity contribution is 5.68. The summed E-state index contributed by atoms with van der Waals surface area (Å²) in [5.41, 5.74) is -0.402.